The highest BCUT2D eigenvalue weighted by Crippen LogP contribution is 2.41. The molecule has 0 unspecified atom stereocenters. The molecule has 2 N–H and O–H groups in total. The summed E-state index contributed by atoms with van der Waals surface area (Å²) in [5, 5.41) is 3.39. The Kier molecular flexibility index (Phi) is 2.14. The van der Waals surface area contributed by atoms with Gasteiger partial charge in [-0.3, -0.25) is 10.2 Å². The zero-order valence-corrected chi connectivity index (χ0v) is 6.56. The Morgan fingerprint density at radius 1 is 1.08 bits per heavy atom. The molecule has 0 saturated carbocycles. The van der Waals surface area contributed by atoms with E-state index in [1.165, 1.54) is 0 Å². The number of hydrogen-bond donors (Lipinski definition) is 2. The highest BCUT2D eigenvalue weighted by molar-refractivity contribution is 7.71. The smallest absolute Gasteiger partial charge is 0.280 e. The second-order valence-corrected chi connectivity index (χ2v) is 2.47. The van der Waals surface area contributed by atoms with Gasteiger partial charge in [-0.1, -0.05) is 0 Å². The van der Waals surface area contributed by atoms with E-state index >= 15 is 0 Å². The van der Waals surface area contributed by atoms with Crippen molar-refractivity contribution in [3.63, 3.8) is 0 Å². The van der Waals surface area contributed by atoms with Crippen molar-refractivity contribution in [3.05, 3.63) is 10.6 Å². The summed E-state index contributed by atoms with van der Waals surface area (Å²) in [6.07, 6.45) is -5.68. The van der Waals surface area contributed by atoms with Gasteiger partial charge in [-0.25, -0.2) is 0 Å². The average molecular weight is 219 g/mol. The minimum Gasteiger partial charge on any atom is -0.280 e. The first kappa shape index (κ1) is 10.1. The van der Waals surface area contributed by atoms with Gasteiger partial charge in [0, 0.05) is 0 Å². The van der Waals surface area contributed by atoms with E-state index in [-0.39, 0.29) is 0 Å². The highest BCUT2D eigenvalue weighted by atomic mass is 32.1. The van der Waals surface area contributed by atoms with E-state index in [4.69, 9.17) is 0 Å². The molecule has 0 fully saturated rings. The highest BCUT2D eigenvalue weighted by Gasteiger charge is 2.61. The van der Waals surface area contributed by atoms with Crippen molar-refractivity contribution in [2.75, 3.05) is 0 Å². The third kappa shape index (κ3) is 1.69. The van der Waals surface area contributed by atoms with E-state index in [1.54, 1.807) is 5.10 Å². The van der Waals surface area contributed by atoms with E-state index in [2.05, 4.69) is 17.2 Å². The van der Waals surface area contributed by atoms with Crippen molar-refractivity contribution >= 4 is 12.2 Å². The monoisotopic (exact) mass is 219 g/mol. The molecule has 0 saturated heterocycles. The van der Waals surface area contributed by atoms with Crippen LogP contribution in [0.4, 0.5) is 22.0 Å². The van der Waals surface area contributed by atoms with Crippen LogP contribution in [0, 0.1) is 4.77 Å². The summed E-state index contributed by atoms with van der Waals surface area (Å²) in [6, 6.07) is 0. The summed E-state index contributed by atoms with van der Waals surface area (Å²) in [4.78, 5) is 2.78. The molecule has 0 aliphatic carbocycles. The van der Waals surface area contributed by atoms with Gasteiger partial charge in [0.05, 0.1) is 0 Å². The maximum absolute atomic E-state index is 12.4. The lowest BCUT2D eigenvalue weighted by Gasteiger charge is -2.15. The van der Waals surface area contributed by atoms with Crippen LogP contribution in [0.2, 0.25) is 0 Å². The van der Waals surface area contributed by atoms with Crippen LogP contribution in [0.1, 0.15) is 5.82 Å². The van der Waals surface area contributed by atoms with E-state index in [0.29, 0.717) is 0 Å². The lowest BCUT2D eigenvalue weighted by molar-refractivity contribution is -0.292. The van der Waals surface area contributed by atoms with Crippen LogP contribution in [-0.4, -0.2) is 21.4 Å². The van der Waals surface area contributed by atoms with Crippen LogP contribution in [0.3, 0.4) is 0 Å². The standard InChI is InChI=1S/C4H2F5N3S/c5-3(6,4(7,8)9)1-10-2(13)12-11-1/h(H2,10,11,12,13). The number of hydrogen-bond acceptors (Lipinski definition) is 2. The lowest BCUT2D eigenvalue weighted by atomic mass is 10.3. The molecule has 0 aliphatic heterocycles. The van der Waals surface area contributed by atoms with Gasteiger partial charge in [0.25, 0.3) is 0 Å². The number of aromatic amines is 2. The molecule has 1 aromatic rings. The van der Waals surface area contributed by atoms with Crippen LogP contribution >= 0.6 is 12.2 Å². The van der Waals surface area contributed by atoms with Crippen LogP contribution < -0.4 is 0 Å². The summed E-state index contributed by atoms with van der Waals surface area (Å²) >= 11 is 4.23. The maximum atomic E-state index is 12.4. The Bertz CT molecular complexity index is 349. The van der Waals surface area contributed by atoms with Crippen LogP contribution in [0.5, 0.6) is 0 Å². The maximum Gasteiger partial charge on any atom is 0.461 e. The summed E-state index contributed by atoms with van der Waals surface area (Å²) < 4.78 is 59.3. The lowest BCUT2D eigenvalue weighted by Crippen LogP contribution is -2.34. The SMILES string of the molecule is FC(F)(F)C(F)(F)c1nc(=S)[nH][nH]1. The Balaban J connectivity index is 3.14. The third-order valence-corrected chi connectivity index (χ3v) is 1.35. The van der Waals surface area contributed by atoms with Gasteiger partial charge in [-0.15, -0.1) is 0 Å². The van der Waals surface area contributed by atoms with Gasteiger partial charge >= 0.3 is 12.1 Å². The van der Waals surface area contributed by atoms with E-state index in [9.17, 15) is 22.0 Å². The van der Waals surface area contributed by atoms with Crippen molar-refractivity contribution in [2.24, 2.45) is 0 Å². The molecule has 1 heterocycles. The first-order valence-electron chi connectivity index (χ1n) is 2.85. The number of rotatable bonds is 1. The summed E-state index contributed by atoms with van der Waals surface area (Å²) in [5.41, 5.74) is 0. The molecule has 0 bridgehead atoms. The molecule has 0 spiro atoms. The second kappa shape index (κ2) is 2.76. The second-order valence-electron chi connectivity index (χ2n) is 2.09. The molecule has 0 aliphatic rings. The van der Waals surface area contributed by atoms with Crippen LogP contribution in [-0.2, 0) is 5.92 Å². The average Bonchev–Trinajstić information content (AvgIpc) is 2.33. The van der Waals surface area contributed by atoms with E-state index < -0.39 is 22.7 Å². The molecule has 1 rings (SSSR count). The first-order chi connectivity index (χ1) is 5.75. The Morgan fingerprint density at radius 2 is 1.62 bits per heavy atom. The number of nitrogens with zero attached hydrogens (tertiary/aromatic N) is 1. The molecule has 1 aromatic heterocycles. The van der Waals surface area contributed by atoms with Crippen molar-refractivity contribution in [1.82, 2.24) is 15.2 Å². The third-order valence-electron chi connectivity index (χ3n) is 1.15. The zero-order valence-electron chi connectivity index (χ0n) is 5.75. The summed E-state index contributed by atoms with van der Waals surface area (Å²) in [7, 11) is 0. The number of alkyl halides is 5. The van der Waals surface area contributed by atoms with Crippen molar-refractivity contribution in [2.45, 2.75) is 12.1 Å². The Labute approximate surface area is 73.0 Å². The summed E-state index contributed by atoms with van der Waals surface area (Å²) in [5.74, 6) is -6.55. The van der Waals surface area contributed by atoms with Gasteiger partial charge in [-0.05, 0) is 12.2 Å². The molecule has 0 atom stereocenters. The molecule has 0 amide bonds. The number of nitrogens with one attached hydrogen (secondary N) is 2. The molecule has 9 heteroatoms. The fourth-order valence-corrected chi connectivity index (χ4v) is 0.695. The fourth-order valence-electron chi connectivity index (χ4n) is 0.553. The molecule has 0 radical (unpaired) electrons. The molecule has 0 aromatic carbocycles. The van der Waals surface area contributed by atoms with E-state index in [1.807, 2.05) is 5.10 Å². The molecule has 74 valence electrons. The van der Waals surface area contributed by atoms with Crippen molar-refractivity contribution in [3.8, 4) is 0 Å². The number of aromatic nitrogens is 3. The quantitative estimate of drug-likeness (QED) is 0.561. The minimum absolute atomic E-state index is 0.459. The van der Waals surface area contributed by atoms with Gasteiger partial charge in [0.15, 0.2) is 0 Å². The van der Waals surface area contributed by atoms with Gasteiger partial charge < -0.3 is 0 Å². The van der Waals surface area contributed by atoms with Gasteiger partial charge in [-0.2, -0.15) is 26.9 Å². The number of H-pyrrole nitrogens is 2. The topological polar surface area (TPSA) is 44.5 Å². The first-order valence-corrected chi connectivity index (χ1v) is 3.25. The van der Waals surface area contributed by atoms with Crippen LogP contribution in [0.15, 0.2) is 0 Å². The van der Waals surface area contributed by atoms with Gasteiger partial charge in [0.2, 0.25) is 10.6 Å². The zero-order chi connectivity index (χ0) is 10.3. The molecular weight excluding hydrogens is 217 g/mol. The number of halogens is 5. The predicted octanol–water partition coefficient (Wildman–Crippen LogP) is 2.12. The Morgan fingerprint density at radius 3 is 1.92 bits per heavy atom. The van der Waals surface area contributed by atoms with Gasteiger partial charge in [0.1, 0.15) is 0 Å². The Hall–Kier alpha value is -0.990. The summed E-state index contributed by atoms with van der Waals surface area (Å²) in [6.45, 7) is 0. The minimum atomic E-state index is -5.68. The van der Waals surface area contributed by atoms with Crippen LogP contribution in [0.25, 0.3) is 0 Å². The molecular formula is C4H2F5N3S. The molecule has 13 heavy (non-hydrogen) atoms. The fraction of sp³-hybridized carbons (Fsp3) is 0.500. The predicted molar refractivity (Wildman–Crippen MR) is 33.7 cm³/mol. The van der Waals surface area contributed by atoms with Crippen molar-refractivity contribution in [1.29, 1.82) is 0 Å². The molecule has 3 nitrogen and oxygen atoms in total. The normalized spacial score (nSPS) is 13.3. The largest absolute Gasteiger partial charge is 0.461 e. The van der Waals surface area contributed by atoms with Crippen molar-refractivity contribution < 1.29 is 22.0 Å². The van der Waals surface area contributed by atoms with E-state index in [0.717, 1.165) is 0 Å².